The number of halogens is 3. The molecular formula is C13H7F3N2O. The number of hydrogen-bond donors (Lipinski definition) is 1. The van der Waals surface area contributed by atoms with Crippen LogP contribution in [0.3, 0.4) is 0 Å². The topological polar surface area (TPSA) is 46.0 Å². The van der Waals surface area contributed by atoms with Gasteiger partial charge in [0, 0.05) is 10.6 Å². The minimum Gasteiger partial charge on any atom is -0.515 e. The van der Waals surface area contributed by atoms with Gasteiger partial charge in [0.05, 0.1) is 17.3 Å². The van der Waals surface area contributed by atoms with Gasteiger partial charge in [-0.25, -0.2) is 9.97 Å². The van der Waals surface area contributed by atoms with Gasteiger partial charge >= 0.3 is 6.18 Å². The first-order valence-electron chi connectivity index (χ1n) is 5.41. The van der Waals surface area contributed by atoms with Gasteiger partial charge in [0.2, 0.25) is 5.82 Å². The summed E-state index contributed by atoms with van der Waals surface area (Å²) in [7, 11) is 0. The summed E-state index contributed by atoms with van der Waals surface area (Å²) in [5.41, 5.74) is 0.414. The van der Waals surface area contributed by atoms with Crippen LogP contribution in [0.1, 0.15) is 5.82 Å². The Bertz CT molecular complexity index is 808. The maximum Gasteiger partial charge on any atom is 0.451 e. The van der Waals surface area contributed by atoms with E-state index in [2.05, 4.69) is 9.97 Å². The smallest absolute Gasteiger partial charge is 0.451 e. The SMILES string of the molecule is OC=c1ccc2nc(C(F)(F)F)nc3cccc1c32. The molecule has 0 aliphatic heterocycles. The van der Waals surface area contributed by atoms with Crippen molar-refractivity contribution in [3.8, 4) is 0 Å². The fourth-order valence-corrected chi connectivity index (χ4v) is 2.07. The van der Waals surface area contributed by atoms with Crippen LogP contribution in [0.5, 0.6) is 0 Å². The van der Waals surface area contributed by atoms with Crippen LogP contribution in [0.25, 0.3) is 28.1 Å². The van der Waals surface area contributed by atoms with Crippen LogP contribution in [0.2, 0.25) is 0 Å². The van der Waals surface area contributed by atoms with Gasteiger partial charge < -0.3 is 5.11 Å². The molecule has 96 valence electrons. The zero-order valence-electron chi connectivity index (χ0n) is 9.44. The number of aliphatic hydroxyl groups is 1. The summed E-state index contributed by atoms with van der Waals surface area (Å²) in [4.78, 5) is 7.08. The van der Waals surface area contributed by atoms with Gasteiger partial charge in [-0.2, -0.15) is 13.2 Å². The van der Waals surface area contributed by atoms with Crippen molar-refractivity contribution in [1.29, 1.82) is 0 Å². The lowest BCUT2D eigenvalue weighted by Crippen LogP contribution is -2.12. The number of rotatable bonds is 0. The van der Waals surface area contributed by atoms with Crippen molar-refractivity contribution >= 4 is 28.1 Å². The maximum atomic E-state index is 12.7. The highest BCUT2D eigenvalue weighted by atomic mass is 19.4. The summed E-state index contributed by atoms with van der Waals surface area (Å²) < 4.78 is 38.1. The van der Waals surface area contributed by atoms with E-state index in [-0.39, 0.29) is 11.0 Å². The number of aliphatic hydroxyl groups excluding tert-OH is 1. The Labute approximate surface area is 105 Å². The number of aromatic nitrogens is 2. The molecule has 0 radical (unpaired) electrons. The number of benzene rings is 2. The van der Waals surface area contributed by atoms with Gasteiger partial charge in [-0.1, -0.05) is 12.1 Å². The number of hydrogen-bond acceptors (Lipinski definition) is 3. The molecule has 0 aliphatic carbocycles. The lowest BCUT2D eigenvalue weighted by Gasteiger charge is -2.09. The van der Waals surface area contributed by atoms with Crippen LogP contribution in [0, 0.1) is 0 Å². The lowest BCUT2D eigenvalue weighted by atomic mass is 10.1. The van der Waals surface area contributed by atoms with Crippen LogP contribution >= 0.6 is 0 Å². The van der Waals surface area contributed by atoms with E-state index in [1.807, 2.05) is 0 Å². The van der Waals surface area contributed by atoms with E-state index in [4.69, 9.17) is 5.11 Å². The van der Waals surface area contributed by atoms with Crippen LogP contribution in [-0.2, 0) is 6.18 Å². The Morgan fingerprint density at radius 1 is 1.00 bits per heavy atom. The molecule has 0 saturated carbocycles. The fraction of sp³-hybridized carbons (Fsp3) is 0.0769. The average Bonchev–Trinajstić information content (AvgIpc) is 2.38. The van der Waals surface area contributed by atoms with Crippen LogP contribution in [-0.4, -0.2) is 15.1 Å². The second kappa shape index (κ2) is 3.81. The molecule has 0 aliphatic rings. The Hall–Kier alpha value is -2.37. The quantitative estimate of drug-likeness (QED) is 0.679. The molecule has 0 atom stereocenters. The Morgan fingerprint density at radius 2 is 1.68 bits per heavy atom. The van der Waals surface area contributed by atoms with Crippen LogP contribution in [0.4, 0.5) is 13.2 Å². The van der Waals surface area contributed by atoms with Crippen molar-refractivity contribution in [2.24, 2.45) is 0 Å². The molecule has 0 unspecified atom stereocenters. The third-order valence-corrected chi connectivity index (χ3v) is 2.88. The highest BCUT2D eigenvalue weighted by Gasteiger charge is 2.35. The largest absolute Gasteiger partial charge is 0.515 e. The molecule has 2 aromatic carbocycles. The second-order valence-corrected chi connectivity index (χ2v) is 4.05. The Morgan fingerprint density at radius 3 is 2.32 bits per heavy atom. The summed E-state index contributed by atoms with van der Waals surface area (Å²) in [5.74, 6) is -1.16. The zero-order valence-corrected chi connectivity index (χ0v) is 9.44. The highest BCUT2D eigenvalue weighted by Crippen LogP contribution is 2.30. The fourth-order valence-electron chi connectivity index (χ4n) is 2.07. The molecule has 3 aromatic rings. The van der Waals surface area contributed by atoms with Crippen molar-refractivity contribution in [1.82, 2.24) is 9.97 Å². The van der Waals surface area contributed by atoms with Crippen molar-refractivity contribution in [2.45, 2.75) is 6.18 Å². The first-order valence-corrected chi connectivity index (χ1v) is 5.41. The van der Waals surface area contributed by atoms with Crippen molar-refractivity contribution in [2.75, 3.05) is 0 Å². The molecule has 1 N–H and O–H groups in total. The minimum atomic E-state index is -4.58. The standard InChI is InChI=1S/C13H7F3N2O/c14-13(15,16)12-17-9-3-1-2-8-7(6-19)4-5-10(18-12)11(8)9/h1-6,19H. The minimum absolute atomic E-state index is 0.207. The molecule has 1 heterocycles. The molecule has 19 heavy (non-hydrogen) atoms. The summed E-state index contributed by atoms with van der Waals surface area (Å²) in [6.45, 7) is 0. The first kappa shape index (κ1) is 11.7. The van der Waals surface area contributed by atoms with Crippen LogP contribution in [0.15, 0.2) is 30.3 Å². The van der Waals surface area contributed by atoms with Gasteiger partial charge in [-0.3, -0.25) is 0 Å². The second-order valence-electron chi connectivity index (χ2n) is 4.05. The van der Waals surface area contributed by atoms with Crippen molar-refractivity contribution in [3.63, 3.8) is 0 Å². The molecule has 0 amide bonds. The summed E-state index contributed by atoms with van der Waals surface area (Å²) in [6.07, 6.45) is -3.67. The molecule has 0 spiro atoms. The van der Waals surface area contributed by atoms with Crippen LogP contribution < -0.4 is 5.22 Å². The molecule has 0 bridgehead atoms. The zero-order chi connectivity index (χ0) is 13.6. The van der Waals surface area contributed by atoms with E-state index in [1.165, 1.54) is 18.2 Å². The molecular weight excluding hydrogens is 257 g/mol. The highest BCUT2D eigenvalue weighted by molar-refractivity contribution is 6.06. The van der Waals surface area contributed by atoms with Gasteiger partial charge in [-0.15, -0.1) is 0 Å². The molecule has 3 rings (SSSR count). The van der Waals surface area contributed by atoms with Gasteiger partial charge in [0.1, 0.15) is 0 Å². The number of nitrogens with zero attached hydrogens (tertiary/aromatic N) is 2. The molecule has 0 saturated heterocycles. The lowest BCUT2D eigenvalue weighted by molar-refractivity contribution is -0.144. The van der Waals surface area contributed by atoms with Crippen molar-refractivity contribution < 1.29 is 18.3 Å². The van der Waals surface area contributed by atoms with E-state index in [0.29, 0.717) is 16.0 Å². The van der Waals surface area contributed by atoms with Crippen molar-refractivity contribution in [3.05, 3.63) is 41.4 Å². The predicted octanol–water partition coefficient (Wildman–Crippen LogP) is 2.82. The predicted molar refractivity (Wildman–Crippen MR) is 64.4 cm³/mol. The average molecular weight is 264 g/mol. The summed E-state index contributed by atoms with van der Waals surface area (Å²) in [6, 6.07) is 7.75. The van der Waals surface area contributed by atoms with E-state index in [1.54, 1.807) is 12.1 Å². The summed E-state index contributed by atoms with van der Waals surface area (Å²) >= 11 is 0. The third kappa shape index (κ3) is 1.76. The molecule has 6 heteroatoms. The van der Waals surface area contributed by atoms with E-state index < -0.39 is 12.0 Å². The molecule has 3 nitrogen and oxygen atoms in total. The Balaban J connectivity index is 2.52. The van der Waals surface area contributed by atoms with E-state index >= 15 is 0 Å². The van der Waals surface area contributed by atoms with E-state index in [9.17, 15) is 13.2 Å². The van der Waals surface area contributed by atoms with Gasteiger partial charge in [-0.05, 0) is 23.6 Å². The summed E-state index contributed by atoms with van der Waals surface area (Å²) in [5, 5.41) is 10.8. The monoisotopic (exact) mass is 264 g/mol. The molecule has 1 aromatic heterocycles. The first-order chi connectivity index (χ1) is 9.00. The molecule has 0 fully saturated rings. The van der Waals surface area contributed by atoms with Gasteiger partial charge in [0.25, 0.3) is 0 Å². The van der Waals surface area contributed by atoms with E-state index in [0.717, 1.165) is 6.26 Å². The van der Waals surface area contributed by atoms with Gasteiger partial charge in [0.15, 0.2) is 0 Å². The Kier molecular flexibility index (Phi) is 2.35. The number of alkyl halides is 3. The normalized spacial score (nSPS) is 13.5. The maximum absolute atomic E-state index is 12.7. The third-order valence-electron chi connectivity index (χ3n) is 2.88.